The first kappa shape index (κ1) is 28.2. The molecule has 2 fully saturated rings. The number of aromatic nitrogens is 4. The third-order valence-electron chi connectivity index (χ3n) is 6.98. The van der Waals surface area contributed by atoms with Crippen LogP contribution in [0.5, 0.6) is 5.75 Å². The summed E-state index contributed by atoms with van der Waals surface area (Å²) >= 11 is 0. The number of nitrogens with zero attached hydrogens (tertiary/aromatic N) is 7. The number of likely N-dealkylation sites (tertiary alicyclic amines) is 1. The van der Waals surface area contributed by atoms with Crippen molar-refractivity contribution in [2.24, 2.45) is 0 Å². The fraction of sp³-hybridized carbons (Fsp3) is 0.481. The van der Waals surface area contributed by atoms with E-state index in [0.717, 1.165) is 44.8 Å². The second-order valence-electron chi connectivity index (χ2n) is 9.23. The molecule has 2 aromatic heterocycles. The van der Waals surface area contributed by atoms with Crippen LogP contribution >= 0.6 is 0 Å². The first-order chi connectivity index (χ1) is 18.9. The van der Waals surface area contributed by atoms with Crippen LogP contribution in [-0.2, 0) is 6.54 Å². The van der Waals surface area contributed by atoms with Crippen LogP contribution in [0.3, 0.4) is 0 Å². The van der Waals surface area contributed by atoms with Gasteiger partial charge in [0.05, 0.1) is 5.69 Å². The van der Waals surface area contributed by atoms with E-state index in [1.165, 1.54) is 30.9 Å². The van der Waals surface area contributed by atoms with Gasteiger partial charge in [0.2, 0.25) is 0 Å². The molecule has 39 heavy (non-hydrogen) atoms. The molecule has 2 N–H and O–H groups in total. The largest absolute Gasteiger partial charge is 0.432 e. The summed E-state index contributed by atoms with van der Waals surface area (Å²) in [6, 6.07) is 6.02. The highest BCUT2D eigenvalue weighted by molar-refractivity contribution is 5.63. The quantitative estimate of drug-likeness (QED) is 0.438. The number of hydrogen-bond acceptors (Lipinski definition) is 8. The number of anilines is 2. The maximum absolute atomic E-state index is 14.4. The van der Waals surface area contributed by atoms with E-state index < -0.39 is 18.2 Å². The maximum atomic E-state index is 14.4. The van der Waals surface area contributed by atoms with Gasteiger partial charge in [0, 0.05) is 43.9 Å². The number of imidazole rings is 1. The van der Waals surface area contributed by atoms with Crippen LogP contribution in [0.4, 0.5) is 24.8 Å². The van der Waals surface area contributed by atoms with Crippen LogP contribution < -0.4 is 15.4 Å². The van der Waals surface area contributed by atoms with E-state index >= 15 is 0 Å². The molecule has 0 bridgehead atoms. The van der Waals surface area contributed by atoms with E-state index in [1.807, 2.05) is 24.9 Å². The lowest BCUT2D eigenvalue weighted by atomic mass is 9.95. The molecule has 0 aliphatic carbocycles. The summed E-state index contributed by atoms with van der Waals surface area (Å²) < 4.78 is 45.8. The summed E-state index contributed by atoms with van der Waals surface area (Å²) in [5.41, 5.74) is 7.22. The number of ether oxygens (including phenoxy) is 1. The van der Waals surface area contributed by atoms with Crippen LogP contribution in [0.15, 0.2) is 30.7 Å². The molecule has 0 saturated carbocycles. The van der Waals surface area contributed by atoms with Crippen molar-refractivity contribution < 1.29 is 17.9 Å². The topological polar surface area (TPSA) is 109 Å². The first-order valence-corrected chi connectivity index (χ1v) is 13.2. The van der Waals surface area contributed by atoms with Crippen LogP contribution in [0, 0.1) is 17.1 Å². The smallest absolute Gasteiger partial charge is 0.387 e. The second kappa shape index (κ2) is 12.8. The zero-order valence-electron chi connectivity index (χ0n) is 22.2. The fourth-order valence-corrected chi connectivity index (χ4v) is 4.87. The number of nitrogens with two attached hydrogens (primary N) is 1. The predicted octanol–water partition coefficient (Wildman–Crippen LogP) is 4.65. The number of nitrogen functional groups attached to an aromatic ring is 1. The third kappa shape index (κ3) is 6.42. The Labute approximate surface area is 226 Å². The lowest BCUT2D eigenvalue weighted by molar-refractivity contribution is -0.0521. The molecule has 4 heterocycles. The molecule has 12 heteroatoms. The van der Waals surface area contributed by atoms with Gasteiger partial charge in [-0.25, -0.2) is 19.3 Å². The molecule has 0 unspecified atom stereocenters. The molecule has 2 aliphatic heterocycles. The van der Waals surface area contributed by atoms with Crippen molar-refractivity contribution in [1.29, 1.82) is 5.26 Å². The molecule has 2 aliphatic rings. The van der Waals surface area contributed by atoms with Gasteiger partial charge in [0.25, 0.3) is 0 Å². The monoisotopic (exact) mass is 542 g/mol. The van der Waals surface area contributed by atoms with Crippen LogP contribution in [0.1, 0.15) is 50.4 Å². The molecule has 9 nitrogen and oxygen atoms in total. The van der Waals surface area contributed by atoms with Crippen molar-refractivity contribution in [3.05, 3.63) is 47.9 Å². The summed E-state index contributed by atoms with van der Waals surface area (Å²) in [5.74, 6) is 0.407. The molecule has 208 valence electrons. The Hall–Kier alpha value is -3.85. The van der Waals surface area contributed by atoms with Crippen molar-refractivity contribution in [2.45, 2.75) is 52.2 Å². The normalized spacial score (nSPS) is 15.9. The van der Waals surface area contributed by atoms with Crippen molar-refractivity contribution in [2.75, 3.05) is 43.4 Å². The van der Waals surface area contributed by atoms with E-state index in [2.05, 4.69) is 30.2 Å². The average molecular weight is 543 g/mol. The van der Waals surface area contributed by atoms with Crippen molar-refractivity contribution >= 4 is 11.6 Å². The Morgan fingerprint density at radius 3 is 2.49 bits per heavy atom. The Morgan fingerprint density at radius 2 is 1.87 bits per heavy atom. The van der Waals surface area contributed by atoms with E-state index in [0.29, 0.717) is 30.2 Å². The molecule has 0 atom stereocenters. The number of piperidine rings is 1. The minimum absolute atomic E-state index is 0.150. The number of nitriles is 1. The SMILES string of the molecule is CC.N#Cc1c(N)ncnc1N1CCC(c2nc(-c3ccc(OC(F)F)c(F)c3)cn2CCN2CCC2)CC1. The van der Waals surface area contributed by atoms with E-state index in [-0.39, 0.29) is 17.3 Å². The van der Waals surface area contributed by atoms with Gasteiger partial charge in [-0.2, -0.15) is 14.0 Å². The van der Waals surface area contributed by atoms with Gasteiger partial charge in [-0.05, 0) is 50.6 Å². The molecular weight excluding hydrogens is 509 g/mol. The van der Waals surface area contributed by atoms with Gasteiger partial charge in [-0.15, -0.1) is 0 Å². The molecule has 0 spiro atoms. The summed E-state index contributed by atoms with van der Waals surface area (Å²) in [4.78, 5) is 17.5. The Balaban J connectivity index is 0.00000172. The number of rotatable bonds is 8. The van der Waals surface area contributed by atoms with Crippen molar-refractivity contribution in [3.63, 3.8) is 0 Å². The fourth-order valence-electron chi connectivity index (χ4n) is 4.87. The third-order valence-corrected chi connectivity index (χ3v) is 6.98. The number of alkyl halides is 2. The minimum atomic E-state index is -3.10. The highest BCUT2D eigenvalue weighted by atomic mass is 19.3. The van der Waals surface area contributed by atoms with Gasteiger partial charge in [0.1, 0.15) is 29.6 Å². The Kier molecular flexibility index (Phi) is 9.24. The zero-order chi connectivity index (χ0) is 27.9. The highest BCUT2D eigenvalue weighted by Gasteiger charge is 2.28. The predicted molar refractivity (Wildman–Crippen MR) is 142 cm³/mol. The summed E-state index contributed by atoms with van der Waals surface area (Å²) in [5, 5.41) is 9.49. The molecule has 0 radical (unpaired) electrons. The summed E-state index contributed by atoms with van der Waals surface area (Å²) in [6.07, 6.45) is 6.03. The lowest BCUT2D eigenvalue weighted by Crippen LogP contribution is -2.39. The van der Waals surface area contributed by atoms with Gasteiger partial charge in [-0.3, -0.25) is 0 Å². The number of halogens is 3. The zero-order valence-corrected chi connectivity index (χ0v) is 22.2. The number of benzene rings is 1. The van der Waals surface area contributed by atoms with Crippen molar-refractivity contribution in [1.82, 2.24) is 24.4 Å². The van der Waals surface area contributed by atoms with Crippen LogP contribution in [0.2, 0.25) is 0 Å². The van der Waals surface area contributed by atoms with Gasteiger partial charge >= 0.3 is 6.61 Å². The highest BCUT2D eigenvalue weighted by Crippen LogP contribution is 2.34. The van der Waals surface area contributed by atoms with E-state index in [1.54, 1.807) is 0 Å². The minimum Gasteiger partial charge on any atom is -0.432 e. The van der Waals surface area contributed by atoms with Crippen molar-refractivity contribution in [3.8, 4) is 23.1 Å². The van der Waals surface area contributed by atoms with E-state index in [9.17, 15) is 18.4 Å². The molecule has 2 saturated heterocycles. The molecule has 1 aromatic carbocycles. The Bertz CT molecular complexity index is 1300. The molecular formula is C27H33F3N8O. The maximum Gasteiger partial charge on any atom is 0.387 e. The van der Waals surface area contributed by atoms with Gasteiger partial charge < -0.3 is 24.8 Å². The Morgan fingerprint density at radius 1 is 1.13 bits per heavy atom. The van der Waals surface area contributed by atoms with Gasteiger partial charge in [0.15, 0.2) is 17.4 Å². The first-order valence-electron chi connectivity index (χ1n) is 13.2. The lowest BCUT2D eigenvalue weighted by Gasteiger charge is -2.34. The second-order valence-corrected chi connectivity index (χ2v) is 9.23. The molecule has 0 amide bonds. The summed E-state index contributed by atoms with van der Waals surface area (Å²) in [7, 11) is 0. The van der Waals surface area contributed by atoms with E-state index in [4.69, 9.17) is 10.7 Å². The molecule has 3 aromatic rings. The standard InChI is InChI=1S/C25H27F3N8O.C2H6/c26-19-12-17(2-3-21(19)37-25(27)28)20-14-36(11-10-34-6-1-7-34)23(33-20)16-4-8-35(9-5-16)24-18(13-29)22(30)31-15-32-24;1-2/h2-3,12,14-16,25H,1,4-11H2,(H2,30,31,32);1-2H3. The molecule has 5 rings (SSSR count). The summed E-state index contributed by atoms with van der Waals surface area (Å²) in [6.45, 7) is 6.03. The van der Waals surface area contributed by atoms with Gasteiger partial charge in [-0.1, -0.05) is 13.8 Å². The average Bonchev–Trinajstić information content (AvgIpc) is 3.34. The van der Waals surface area contributed by atoms with Crippen LogP contribution in [0.25, 0.3) is 11.3 Å². The van der Waals surface area contributed by atoms with Crippen LogP contribution in [-0.4, -0.2) is 63.8 Å². The number of hydrogen-bond donors (Lipinski definition) is 1.